The van der Waals surface area contributed by atoms with Crippen LogP contribution < -0.4 is 11.1 Å². The number of nitrogens with two attached hydrogens (primary N) is 1. The predicted molar refractivity (Wildman–Crippen MR) is 74.1 cm³/mol. The molecule has 1 aromatic rings. The third-order valence-corrected chi connectivity index (χ3v) is 2.15. The first-order valence-electron chi connectivity index (χ1n) is 5.97. The SMILES string of the molecule is CC(C)(C)OC(=O)NCC=Cc1cccc(F)c1N. The van der Waals surface area contributed by atoms with Crippen molar-refractivity contribution in [2.75, 3.05) is 12.3 Å². The molecular weight excluding hydrogens is 247 g/mol. The van der Waals surface area contributed by atoms with Crippen LogP contribution in [0.5, 0.6) is 0 Å². The van der Waals surface area contributed by atoms with Crippen LogP contribution in [0.25, 0.3) is 6.08 Å². The van der Waals surface area contributed by atoms with Crippen LogP contribution in [0.3, 0.4) is 0 Å². The summed E-state index contributed by atoms with van der Waals surface area (Å²) in [4.78, 5) is 11.3. The van der Waals surface area contributed by atoms with E-state index in [4.69, 9.17) is 10.5 Å². The highest BCUT2D eigenvalue weighted by Crippen LogP contribution is 2.16. The van der Waals surface area contributed by atoms with Gasteiger partial charge < -0.3 is 15.8 Å². The van der Waals surface area contributed by atoms with E-state index in [-0.39, 0.29) is 12.2 Å². The fourth-order valence-corrected chi connectivity index (χ4v) is 1.34. The maximum Gasteiger partial charge on any atom is 0.407 e. The van der Waals surface area contributed by atoms with Crippen LogP contribution in [0.2, 0.25) is 0 Å². The predicted octanol–water partition coefficient (Wildman–Crippen LogP) is 2.95. The first-order valence-corrected chi connectivity index (χ1v) is 5.97. The molecule has 0 unspecified atom stereocenters. The number of carbonyl (C=O) groups excluding carboxylic acids is 1. The topological polar surface area (TPSA) is 64.3 Å². The van der Waals surface area contributed by atoms with Crippen molar-refractivity contribution in [3.05, 3.63) is 35.7 Å². The lowest BCUT2D eigenvalue weighted by Gasteiger charge is -2.19. The average Bonchev–Trinajstić information content (AvgIpc) is 2.27. The molecule has 0 saturated carbocycles. The minimum absolute atomic E-state index is 0.0935. The van der Waals surface area contributed by atoms with Gasteiger partial charge in [-0.05, 0) is 26.8 Å². The highest BCUT2D eigenvalue weighted by Gasteiger charge is 2.14. The standard InChI is InChI=1S/C14H19FN2O2/c1-14(2,3)19-13(18)17-9-5-7-10-6-4-8-11(15)12(10)16/h4-8H,9,16H2,1-3H3,(H,17,18). The Morgan fingerprint density at radius 3 is 2.79 bits per heavy atom. The molecule has 4 nitrogen and oxygen atoms in total. The van der Waals surface area contributed by atoms with E-state index in [0.29, 0.717) is 5.56 Å². The van der Waals surface area contributed by atoms with E-state index in [2.05, 4.69) is 5.32 Å². The number of carbonyl (C=O) groups is 1. The van der Waals surface area contributed by atoms with E-state index in [1.165, 1.54) is 6.07 Å². The molecule has 0 aliphatic carbocycles. The lowest BCUT2D eigenvalue weighted by Crippen LogP contribution is -2.32. The molecule has 5 heteroatoms. The number of hydrogen-bond donors (Lipinski definition) is 2. The number of hydrogen-bond acceptors (Lipinski definition) is 3. The van der Waals surface area contributed by atoms with Crippen molar-refractivity contribution in [2.24, 2.45) is 0 Å². The number of rotatable bonds is 3. The summed E-state index contributed by atoms with van der Waals surface area (Å²) >= 11 is 0. The van der Waals surface area contributed by atoms with Crippen molar-refractivity contribution in [1.82, 2.24) is 5.32 Å². The van der Waals surface area contributed by atoms with Gasteiger partial charge in [-0.3, -0.25) is 0 Å². The summed E-state index contributed by atoms with van der Waals surface area (Å²) in [5.41, 5.74) is 5.71. The largest absolute Gasteiger partial charge is 0.444 e. The summed E-state index contributed by atoms with van der Waals surface area (Å²) < 4.78 is 18.2. The molecule has 0 saturated heterocycles. The molecule has 0 aliphatic heterocycles. The van der Waals surface area contributed by atoms with Crippen molar-refractivity contribution in [3.8, 4) is 0 Å². The Morgan fingerprint density at radius 1 is 1.47 bits per heavy atom. The first-order chi connectivity index (χ1) is 8.79. The fraction of sp³-hybridized carbons (Fsp3) is 0.357. The number of para-hydroxylation sites is 1. The van der Waals surface area contributed by atoms with Crippen molar-refractivity contribution in [1.29, 1.82) is 0 Å². The van der Waals surface area contributed by atoms with Gasteiger partial charge in [-0.15, -0.1) is 0 Å². The van der Waals surface area contributed by atoms with Gasteiger partial charge in [-0.25, -0.2) is 9.18 Å². The molecule has 1 amide bonds. The van der Waals surface area contributed by atoms with E-state index < -0.39 is 17.5 Å². The monoisotopic (exact) mass is 266 g/mol. The van der Waals surface area contributed by atoms with Crippen LogP contribution >= 0.6 is 0 Å². The Labute approximate surface area is 112 Å². The first kappa shape index (κ1) is 15.0. The second-order valence-electron chi connectivity index (χ2n) is 5.03. The van der Waals surface area contributed by atoms with E-state index in [1.54, 1.807) is 45.1 Å². The number of alkyl carbamates (subject to hydrolysis) is 1. The molecule has 0 bridgehead atoms. The van der Waals surface area contributed by atoms with Gasteiger partial charge >= 0.3 is 6.09 Å². The van der Waals surface area contributed by atoms with Crippen LogP contribution in [-0.4, -0.2) is 18.2 Å². The summed E-state index contributed by atoms with van der Waals surface area (Å²) in [6.07, 6.45) is 2.83. The van der Waals surface area contributed by atoms with Gasteiger partial charge in [0, 0.05) is 12.1 Å². The second-order valence-corrected chi connectivity index (χ2v) is 5.03. The zero-order chi connectivity index (χ0) is 14.5. The molecule has 0 aliphatic rings. The molecule has 0 aromatic heterocycles. The maximum atomic E-state index is 13.2. The molecule has 104 valence electrons. The van der Waals surface area contributed by atoms with E-state index in [1.807, 2.05) is 0 Å². The van der Waals surface area contributed by atoms with Gasteiger partial charge in [0.2, 0.25) is 0 Å². The number of nitrogen functional groups attached to an aromatic ring is 1. The molecule has 1 aromatic carbocycles. The third kappa shape index (κ3) is 5.42. The number of amides is 1. The van der Waals surface area contributed by atoms with Gasteiger partial charge in [-0.1, -0.05) is 24.3 Å². The smallest absolute Gasteiger partial charge is 0.407 e. The Hall–Kier alpha value is -2.04. The molecule has 0 radical (unpaired) electrons. The van der Waals surface area contributed by atoms with Gasteiger partial charge in [0.1, 0.15) is 11.4 Å². The normalized spacial score (nSPS) is 11.6. The maximum absolute atomic E-state index is 13.2. The van der Waals surface area contributed by atoms with Crippen molar-refractivity contribution >= 4 is 17.9 Å². The second kappa shape index (κ2) is 6.22. The van der Waals surface area contributed by atoms with Gasteiger partial charge in [0.05, 0.1) is 5.69 Å². The van der Waals surface area contributed by atoms with E-state index >= 15 is 0 Å². The molecule has 0 spiro atoms. The van der Waals surface area contributed by atoms with E-state index in [0.717, 1.165) is 0 Å². The molecular formula is C14H19FN2O2. The summed E-state index contributed by atoms with van der Waals surface area (Å²) in [5.74, 6) is -0.456. The van der Waals surface area contributed by atoms with Crippen LogP contribution in [0.4, 0.5) is 14.9 Å². The Bertz CT molecular complexity index is 479. The lowest BCUT2D eigenvalue weighted by molar-refractivity contribution is 0.0534. The molecule has 0 heterocycles. The highest BCUT2D eigenvalue weighted by atomic mass is 19.1. The zero-order valence-electron chi connectivity index (χ0n) is 11.4. The quantitative estimate of drug-likeness (QED) is 0.827. The van der Waals surface area contributed by atoms with Crippen molar-refractivity contribution in [3.63, 3.8) is 0 Å². The molecule has 0 fully saturated rings. The minimum Gasteiger partial charge on any atom is -0.444 e. The summed E-state index contributed by atoms with van der Waals surface area (Å²) in [7, 11) is 0. The van der Waals surface area contributed by atoms with Crippen LogP contribution in [-0.2, 0) is 4.74 Å². The Kier molecular flexibility index (Phi) is 4.92. The van der Waals surface area contributed by atoms with Crippen molar-refractivity contribution < 1.29 is 13.9 Å². The summed E-state index contributed by atoms with van der Waals surface area (Å²) in [6.45, 7) is 5.65. The number of halogens is 1. The van der Waals surface area contributed by atoms with Gasteiger partial charge in [0.25, 0.3) is 0 Å². The van der Waals surface area contributed by atoms with Gasteiger partial charge in [0.15, 0.2) is 0 Å². The summed E-state index contributed by atoms with van der Waals surface area (Å²) in [5, 5.41) is 2.56. The zero-order valence-corrected chi connectivity index (χ0v) is 11.4. The Morgan fingerprint density at radius 2 is 2.16 bits per heavy atom. The highest BCUT2D eigenvalue weighted by molar-refractivity contribution is 5.69. The lowest BCUT2D eigenvalue weighted by atomic mass is 10.1. The van der Waals surface area contributed by atoms with Crippen molar-refractivity contribution in [2.45, 2.75) is 26.4 Å². The summed E-state index contributed by atoms with van der Waals surface area (Å²) in [6, 6.07) is 4.57. The minimum atomic E-state index is -0.527. The molecule has 0 atom stereocenters. The number of benzene rings is 1. The molecule has 3 N–H and O–H groups in total. The molecule has 19 heavy (non-hydrogen) atoms. The number of anilines is 1. The number of ether oxygens (including phenoxy) is 1. The number of nitrogens with one attached hydrogen (secondary N) is 1. The van der Waals surface area contributed by atoms with Crippen LogP contribution in [0.1, 0.15) is 26.3 Å². The van der Waals surface area contributed by atoms with Crippen LogP contribution in [0, 0.1) is 5.82 Å². The van der Waals surface area contributed by atoms with Gasteiger partial charge in [-0.2, -0.15) is 0 Å². The molecule has 1 rings (SSSR count). The Balaban J connectivity index is 2.47. The van der Waals surface area contributed by atoms with E-state index in [9.17, 15) is 9.18 Å². The third-order valence-electron chi connectivity index (χ3n) is 2.15. The van der Waals surface area contributed by atoms with Crippen LogP contribution in [0.15, 0.2) is 24.3 Å². The fourth-order valence-electron chi connectivity index (χ4n) is 1.34. The average molecular weight is 266 g/mol.